The van der Waals surface area contributed by atoms with Gasteiger partial charge in [0.05, 0.1) is 4.92 Å². The molecule has 0 atom stereocenters. The summed E-state index contributed by atoms with van der Waals surface area (Å²) in [7, 11) is 0. The Morgan fingerprint density at radius 3 is 2.87 bits per heavy atom. The molecule has 0 saturated carbocycles. The first-order valence-corrected chi connectivity index (χ1v) is 4.39. The molecule has 5 heteroatoms. The average Bonchev–Trinajstić information content (AvgIpc) is 2.17. The normalized spacial score (nSPS) is 9.93. The Balaban J connectivity index is 2.73. The molecule has 0 fully saturated rings. The first-order valence-electron chi connectivity index (χ1n) is 4.39. The Kier molecular flexibility index (Phi) is 3.93. The van der Waals surface area contributed by atoms with Crippen LogP contribution in [0.3, 0.4) is 0 Å². The van der Waals surface area contributed by atoms with E-state index in [1.807, 2.05) is 0 Å². The van der Waals surface area contributed by atoms with E-state index in [9.17, 15) is 14.5 Å². The van der Waals surface area contributed by atoms with Crippen LogP contribution in [0.2, 0.25) is 0 Å². The molecule has 0 heterocycles. The van der Waals surface area contributed by atoms with E-state index in [1.165, 1.54) is 12.1 Å². The van der Waals surface area contributed by atoms with Gasteiger partial charge in [0.15, 0.2) is 0 Å². The van der Waals surface area contributed by atoms with Crippen LogP contribution in [0.1, 0.15) is 5.56 Å². The van der Waals surface area contributed by atoms with Crippen LogP contribution >= 0.6 is 0 Å². The van der Waals surface area contributed by atoms with Gasteiger partial charge < -0.3 is 5.32 Å². The minimum Gasteiger partial charge on any atom is -0.309 e. The summed E-state index contributed by atoms with van der Waals surface area (Å²) in [5.74, 6) is -0.807. The van der Waals surface area contributed by atoms with E-state index < -0.39 is 16.4 Å². The van der Waals surface area contributed by atoms with Crippen LogP contribution in [0.25, 0.3) is 0 Å². The van der Waals surface area contributed by atoms with Crippen LogP contribution in [0, 0.1) is 15.9 Å². The van der Waals surface area contributed by atoms with Crippen LogP contribution in [-0.4, -0.2) is 11.5 Å². The number of hydrogen-bond acceptors (Lipinski definition) is 3. The summed E-state index contributed by atoms with van der Waals surface area (Å²) in [4.78, 5) is 9.59. The fourth-order valence-electron chi connectivity index (χ4n) is 1.13. The lowest BCUT2D eigenvalue weighted by molar-refractivity contribution is -0.387. The lowest BCUT2D eigenvalue weighted by Gasteiger charge is -2.02. The van der Waals surface area contributed by atoms with E-state index in [1.54, 1.807) is 6.08 Å². The van der Waals surface area contributed by atoms with Crippen molar-refractivity contribution in [3.8, 4) is 0 Å². The van der Waals surface area contributed by atoms with E-state index in [0.29, 0.717) is 18.7 Å². The molecule has 15 heavy (non-hydrogen) atoms. The summed E-state index contributed by atoms with van der Waals surface area (Å²) in [5, 5.41) is 13.3. The highest BCUT2D eigenvalue weighted by atomic mass is 19.1. The molecule has 0 aromatic heterocycles. The van der Waals surface area contributed by atoms with Gasteiger partial charge in [-0.3, -0.25) is 10.1 Å². The van der Waals surface area contributed by atoms with Crippen molar-refractivity contribution in [3.63, 3.8) is 0 Å². The highest BCUT2D eigenvalue weighted by molar-refractivity contribution is 5.34. The van der Waals surface area contributed by atoms with Crippen LogP contribution in [0.5, 0.6) is 0 Å². The maximum atomic E-state index is 13.1. The predicted octanol–water partition coefficient (Wildman–Crippen LogP) is 2.01. The van der Waals surface area contributed by atoms with Crippen molar-refractivity contribution in [2.24, 2.45) is 0 Å². The first-order chi connectivity index (χ1) is 7.15. The van der Waals surface area contributed by atoms with Crippen molar-refractivity contribution >= 4 is 5.69 Å². The Morgan fingerprint density at radius 2 is 2.33 bits per heavy atom. The fourth-order valence-corrected chi connectivity index (χ4v) is 1.13. The average molecular weight is 210 g/mol. The molecule has 1 aromatic rings. The molecule has 0 saturated heterocycles. The zero-order valence-electron chi connectivity index (χ0n) is 8.07. The summed E-state index contributed by atoms with van der Waals surface area (Å²) in [5.41, 5.74) is 0.169. The monoisotopic (exact) mass is 210 g/mol. The van der Waals surface area contributed by atoms with E-state index in [0.717, 1.165) is 6.07 Å². The fraction of sp³-hybridized carbons (Fsp3) is 0.200. The minimum atomic E-state index is -0.807. The van der Waals surface area contributed by atoms with Gasteiger partial charge in [0, 0.05) is 19.2 Å². The molecule has 0 aliphatic heterocycles. The number of nitro groups is 1. The molecule has 0 aliphatic rings. The number of halogens is 1. The summed E-state index contributed by atoms with van der Waals surface area (Å²) < 4.78 is 13.1. The van der Waals surface area contributed by atoms with Crippen LogP contribution in [0.15, 0.2) is 30.9 Å². The quantitative estimate of drug-likeness (QED) is 0.350. The molecule has 0 unspecified atom stereocenters. The second kappa shape index (κ2) is 5.21. The van der Waals surface area contributed by atoms with Gasteiger partial charge in [-0.2, -0.15) is 4.39 Å². The standard InChI is InChI=1S/C10H11FN2O2/c1-2-5-12-7-8-3-4-10(13(14)15)9(11)6-8/h2-4,6,12H,1,5,7H2. The Hall–Kier alpha value is -1.75. The lowest BCUT2D eigenvalue weighted by Crippen LogP contribution is -2.12. The predicted molar refractivity (Wildman–Crippen MR) is 55.0 cm³/mol. The molecular formula is C10H11FN2O2. The highest BCUT2D eigenvalue weighted by Crippen LogP contribution is 2.17. The molecule has 1 N–H and O–H groups in total. The van der Waals surface area contributed by atoms with E-state index in [2.05, 4.69) is 11.9 Å². The number of nitro benzene ring substituents is 1. The maximum absolute atomic E-state index is 13.1. The van der Waals surface area contributed by atoms with Crippen molar-refractivity contribution in [1.82, 2.24) is 5.32 Å². The molecular weight excluding hydrogens is 199 g/mol. The summed E-state index contributed by atoms with van der Waals surface area (Å²) >= 11 is 0. The second-order valence-corrected chi connectivity index (χ2v) is 2.96. The smallest absolute Gasteiger partial charge is 0.304 e. The number of nitrogens with one attached hydrogen (secondary N) is 1. The van der Waals surface area contributed by atoms with Crippen LogP contribution in [0.4, 0.5) is 10.1 Å². The van der Waals surface area contributed by atoms with E-state index >= 15 is 0 Å². The number of benzene rings is 1. The molecule has 1 aromatic carbocycles. The third-order valence-electron chi connectivity index (χ3n) is 1.83. The zero-order valence-corrected chi connectivity index (χ0v) is 8.07. The van der Waals surface area contributed by atoms with Crippen molar-refractivity contribution in [2.45, 2.75) is 6.54 Å². The third kappa shape index (κ3) is 3.14. The molecule has 0 radical (unpaired) electrons. The Bertz CT molecular complexity index is 380. The molecule has 0 amide bonds. The van der Waals surface area contributed by atoms with Crippen molar-refractivity contribution in [2.75, 3.05) is 6.54 Å². The number of nitrogens with zero attached hydrogens (tertiary/aromatic N) is 1. The molecule has 1 rings (SSSR count). The Labute approximate surface area is 86.6 Å². The van der Waals surface area contributed by atoms with Gasteiger partial charge in [-0.1, -0.05) is 12.1 Å². The molecule has 80 valence electrons. The van der Waals surface area contributed by atoms with Gasteiger partial charge in [-0.05, 0) is 11.6 Å². The molecule has 0 bridgehead atoms. The summed E-state index contributed by atoms with van der Waals surface area (Å²) in [6.45, 7) is 4.59. The van der Waals surface area contributed by atoms with Crippen molar-refractivity contribution < 1.29 is 9.31 Å². The van der Waals surface area contributed by atoms with Gasteiger partial charge >= 0.3 is 5.69 Å². The van der Waals surface area contributed by atoms with Crippen LogP contribution in [-0.2, 0) is 6.54 Å². The zero-order chi connectivity index (χ0) is 11.3. The molecule has 4 nitrogen and oxygen atoms in total. The van der Waals surface area contributed by atoms with Gasteiger partial charge in [-0.15, -0.1) is 6.58 Å². The maximum Gasteiger partial charge on any atom is 0.304 e. The van der Waals surface area contributed by atoms with Crippen LogP contribution < -0.4 is 5.32 Å². The van der Waals surface area contributed by atoms with Gasteiger partial charge in [0.2, 0.25) is 5.82 Å². The van der Waals surface area contributed by atoms with Gasteiger partial charge in [0.25, 0.3) is 0 Å². The van der Waals surface area contributed by atoms with Gasteiger partial charge in [0.1, 0.15) is 0 Å². The number of hydrogen-bond donors (Lipinski definition) is 1. The Morgan fingerprint density at radius 1 is 1.60 bits per heavy atom. The second-order valence-electron chi connectivity index (χ2n) is 2.96. The third-order valence-corrected chi connectivity index (χ3v) is 1.83. The highest BCUT2D eigenvalue weighted by Gasteiger charge is 2.13. The largest absolute Gasteiger partial charge is 0.309 e. The lowest BCUT2D eigenvalue weighted by atomic mass is 10.2. The number of rotatable bonds is 5. The summed E-state index contributed by atoms with van der Waals surface area (Å²) in [6, 6.07) is 3.85. The van der Waals surface area contributed by atoms with E-state index in [-0.39, 0.29) is 0 Å². The van der Waals surface area contributed by atoms with Gasteiger partial charge in [-0.25, -0.2) is 0 Å². The van der Waals surface area contributed by atoms with E-state index in [4.69, 9.17) is 0 Å². The first kappa shape index (κ1) is 11.3. The van der Waals surface area contributed by atoms with Crippen molar-refractivity contribution in [1.29, 1.82) is 0 Å². The summed E-state index contributed by atoms with van der Waals surface area (Å²) in [6.07, 6.45) is 1.68. The topological polar surface area (TPSA) is 55.2 Å². The minimum absolute atomic E-state index is 0.459. The SMILES string of the molecule is C=CCNCc1ccc([N+](=O)[O-])c(F)c1. The molecule has 0 aliphatic carbocycles. The van der Waals surface area contributed by atoms with Crippen molar-refractivity contribution in [3.05, 3.63) is 52.3 Å². The molecule has 0 spiro atoms.